The van der Waals surface area contributed by atoms with E-state index in [0.29, 0.717) is 0 Å². The van der Waals surface area contributed by atoms with Crippen molar-refractivity contribution in [2.75, 3.05) is 7.05 Å². The lowest BCUT2D eigenvalue weighted by atomic mass is 10.5. The molecular weight excluding hydrogens is 74.1 g/mol. The van der Waals surface area contributed by atoms with Crippen LogP contribution in [-0.4, -0.2) is 13.1 Å². The zero-order valence-corrected chi connectivity index (χ0v) is 4.36. The topological polar surface area (TPSA) is 12.0 Å². The van der Waals surface area contributed by atoms with Gasteiger partial charge in [-0.2, -0.15) is 0 Å². The van der Waals surface area contributed by atoms with Crippen molar-refractivity contribution in [3.8, 4) is 0 Å². The molecule has 2 atom stereocenters. The molecular formula is C5H11N. The Balaban J connectivity index is 2.09. The number of rotatable bonds is 1. The van der Waals surface area contributed by atoms with Gasteiger partial charge in [0.15, 0.2) is 0 Å². The molecule has 1 aliphatic rings. The van der Waals surface area contributed by atoms with Crippen molar-refractivity contribution in [3.05, 3.63) is 0 Å². The molecule has 0 amide bonds. The molecule has 1 heteroatoms. The van der Waals surface area contributed by atoms with Crippen LogP contribution in [0.25, 0.3) is 0 Å². The second-order valence-corrected chi connectivity index (χ2v) is 2.11. The second-order valence-electron chi connectivity index (χ2n) is 2.11. The Labute approximate surface area is 38.7 Å². The number of nitrogens with one attached hydrogen (secondary N) is 1. The second kappa shape index (κ2) is 1.23. The Morgan fingerprint density at radius 2 is 2.17 bits per heavy atom. The van der Waals surface area contributed by atoms with E-state index >= 15 is 0 Å². The predicted molar refractivity (Wildman–Crippen MR) is 26.6 cm³/mol. The fourth-order valence-corrected chi connectivity index (χ4v) is 0.724. The molecule has 0 aliphatic heterocycles. The van der Waals surface area contributed by atoms with Gasteiger partial charge in [0.25, 0.3) is 0 Å². The lowest BCUT2D eigenvalue weighted by Gasteiger charge is -1.84. The maximum atomic E-state index is 3.19. The third-order valence-corrected chi connectivity index (χ3v) is 1.48. The van der Waals surface area contributed by atoms with Gasteiger partial charge in [-0.15, -0.1) is 0 Å². The Bertz CT molecular complexity index is 49.9. The van der Waals surface area contributed by atoms with Crippen LogP contribution in [0.2, 0.25) is 0 Å². The van der Waals surface area contributed by atoms with E-state index < -0.39 is 0 Å². The number of hydrogen-bond donors (Lipinski definition) is 1. The monoisotopic (exact) mass is 85.1 g/mol. The molecule has 0 saturated heterocycles. The van der Waals surface area contributed by atoms with E-state index in [1.54, 1.807) is 0 Å². The van der Waals surface area contributed by atoms with E-state index in [2.05, 4.69) is 12.2 Å². The molecule has 6 heavy (non-hydrogen) atoms. The van der Waals surface area contributed by atoms with Gasteiger partial charge in [0.1, 0.15) is 0 Å². The molecule has 0 spiro atoms. The van der Waals surface area contributed by atoms with Gasteiger partial charge >= 0.3 is 0 Å². The summed E-state index contributed by atoms with van der Waals surface area (Å²) >= 11 is 0. The van der Waals surface area contributed by atoms with Crippen molar-refractivity contribution in [2.24, 2.45) is 5.92 Å². The highest BCUT2D eigenvalue weighted by molar-refractivity contribution is 4.87. The SMILES string of the molecule is CNC1CC1C. The van der Waals surface area contributed by atoms with E-state index in [0.717, 1.165) is 12.0 Å². The zero-order chi connectivity index (χ0) is 4.57. The molecule has 0 aromatic carbocycles. The third-order valence-electron chi connectivity index (χ3n) is 1.48. The predicted octanol–water partition coefficient (Wildman–Crippen LogP) is 0.614. The van der Waals surface area contributed by atoms with E-state index in [-0.39, 0.29) is 0 Å². The molecule has 1 N–H and O–H groups in total. The van der Waals surface area contributed by atoms with Gasteiger partial charge in [0.05, 0.1) is 0 Å². The van der Waals surface area contributed by atoms with Gasteiger partial charge < -0.3 is 5.32 Å². The molecule has 1 saturated carbocycles. The fourth-order valence-electron chi connectivity index (χ4n) is 0.724. The van der Waals surface area contributed by atoms with Gasteiger partial charge in [0, 0.05) is 6.04 Å². The van der Waals surface area contributed by atoms with E-state index in [1.165, 1.54) is 6.42 Å². The molecule has 1 fully saturated rings. The van der Waals surface area contributed by atoms with Crippen LogP contribution >= 0.6 is 0 Å². The van der Waals surface area contributed by atoms with Crippen molar-refractivity contribution in [1.29, 1.82) is 0 Å². The minimum Gasteiger partial charge on any atom is -0.317 e. The largest absolute Gasteiger partial charge is 0.317 e. The standard InChI is InChI=1S/C5H11N/c1-4-3-5(4)6-2/h4-6H,3H2,1-2H3. The number of hydrogen-bond acceptors (Lipinski definition) is 1. The van der Waals surface area contributed by atoms with E-state index in [4.69, 9.17) is 0 Å². The summed E-state index contributed by atoms with van der Waals surface area (Å²) < 4.78 is 0. The Morgan fingerprint density at radius 3 is 2.17 bits per heavy atom. The first-order valence-electron chi connectivity index (χ1n) is 2.52. The van der Waals surface area contributed by atoms with Crippen molar-refractivity contribution < 1.29 is 0 Å². The molecule has 0 aromatic rings. The quantitative estimate of drug-likeness (QED) is 0.492. The third kappa shape index (κ3) is 0.548. The van der Waals surface area contributed by atoms with Crippen LogP contribution in [0, 0.1) is 5.92 Å². The Morgan fingerprint density at radius 1 is 1.67 bits per heavy atom. The molecule has 2 unspecified atom stereocenters. The van der Waals surface area contributed by atoms with Crippen LogP contribution < -0.4 is 5.32 Å². The molecule has 36 valence electrons. The summed E-state index contributed by atoms with van der Waals surface area (Å²) in [6.07, 6.45) is 1.39. The van der Waals surface area contributed by atoms with Gasteiger partial charge in [-0.1, -0.05) is 6.92 Å². The summed E-state index contributed by atoms with van der Waals surface area (Å²) in [5, 5.41) is 3.19. The van der Waals surface area contributed by atoms with Crippen molar-refractivity contribution >= 4 is 0 Å². The maximum absolute atomic E-state index is 3.19. The van der Waals surface area contributed by atoms with E-state index in [1.807, 2.05) is 7.05 Å². The lowest BCUT2D eigenvalue weighted by Crippen LogP contribution is -2.09. The molecule has 0 heterocycles. The molecule has 0 bridgehead atoms. The van der Waals surface area contributed by atoms with Crippen LogP contribution in [0.15, 0.2) is 0 Å². The summed E-state index contributed by atoms with van der Waals surface area (Å²) in [5.41, 5.74) is 0. The normalized spacial score (nSPS) is 43.0. The minimum atomic E-state index is 0.852. The molecule has 0 radical (unpaired) electrons. The smallest absolute Gasteiger partial charge is 0.00933 e. The van der Waals surface area contributed by atoms with Gasteiger partial charge in [-0.05, 0) is 19.4 Å². The summed E-state index contributed by atoms with van der Waals surface area (Å²) in [6, 6.07) is 0.852. The van der Waals surface area contributed by atoms with Gasteiger partial charge in [-0.3, -0.25) is 0 Å². The highest BCUT2D eigenvalue weighted by atomic mass is 14.9. The highest BCUT2D eigenvalue weighted by Gasteiger charge is 2.29. The highest BCUT2D eigenvalue weighted by Crippen LogP contribution is 2.27. The lowest BCUT2D eigenvalue weighted by molar-refractivity contribution is 0.747. The summed E-state index contributed by atoms with van der Waals surface area (Å²) in [7, 11) is 2.02. The van der Waals surface area contributed by atoms with Crippen LogP contribution in [-0.2, 0) is 0 Å². The van der Waals surface area contributed by atoms with Crippen LogP contribution in [0.5, 0.6) is 0 Å². The maximum Gasteiger partial charge on any atom is 0.00933 e. The Hall–Kier alpha value is -0.0400. The average Bonchev–Trinajstić information content (AvgIpc) is 2.19. The van der Waals surface area contributed by atoms with Crippen molar-refractivity contribution in [3.63, 3.8) is 0 Å². The summed E-state index contributed by atoms with van der Waals surface area (Å²) in [4.78, 5) is 0. The first-order valence-corrected chi connectivity index (χ1v) is 2.52. The minimum absolute atomic E-state index is 0.852. The zero-order valence-electron chi connectivity index (χ0n) is 4.36. The van der Waals surface area contributed by atoms with E-state index in [9.17, 15) is 0 Å². The molecule has 1 nitrogen and oxygen atoms in total. The molecule has 0 aromatic heterocycles. The van der Waals surface area contributed by atoms with Crippen LogP contribution in [0.3, 0.4) is 0 Å². The first kappa shape index (κ1) is 4.13. The van der Waals surface area contributed by atoms with Crippen molar-refractivity contribution in [2.45, 2.75) is 19.4 Å². The summed E-state index contributed by atoms with van der Waals surface area (Å²) in [6.45, 7) is 2.27. The van der Waals surface area contributed by atoms with Crippen molar-refractivity contribution in [1.82, 2.24) is 5.32 Å². The average molecular weight is 85.1 g/mol. The van der Waals surface area contributed by atoms with Crippen LogP contribution in [0.4, 0.5) is 0 Å². The molecule has 1 rings (SSSR count). The first-order chi connectivity index (χ1) is 2.84. The fraction of sp³-hybridized carbons (Fsp3) is 1.00. The summed E-state index contributed by atoms with van der Waals surface area (Å²) in [5.74, 6) is 0.954. The van der Waals surface area contributed by atoms with Crippen LogP contribution in [0.1, 0.15) is 13.3 Å². The Kier molecular flexibility index (Phi) is 0.845. The molecule has 1 aliphatic carbocycles. The van der Waals surface area contributed by atoms with Gasteiger partial charge in [0.2, 0.25) is 0 Å². The van der Waals surface area contributed by atoms with Gasteiger partial charge in [-0.25, -0.2) is 0 Å².